The van der Waals surface area contributed by atoms with Gasteiger partial charge in [-0.15, -0.1) is 0 Å². The highest BCUT2D eigenvalue weighted by atomic mass is 16.5. The van der Waals surface area contributed by atoms with Gasteiger partial charge >= 0.3 is 0 Å². The largest absolute Gasteiger partial charge is 0.494 e. The number of carbonyl (C=O) groups excluding carboxylic acids is 1. The van der Waals surface area contributed by atoms with Crippen LogP contribution in [0.25, 0.3) is 0 Å². The third-order valence-corrected chi connectivity index (χ3v) is 4.85. The molecule has 1 aliphatic rings. The van der Waals surface area contributed by atoms with Crippen molar-refractivity contribution in [2.24, 2.45) is 4.99 Å². The van der Waals surface area contributed by atoms with E-state index in [1.165, 1.54) is 0 Å². The molecule has 0 bridgehead atoms. The van der Waals surface area contributed by atoms with Gasteiger partial charge in [0.15, 0.2) is 5.96 Å². The Morgan fingerprint density at radius 2 is 2.07 bits per heavy atom. The Morgan fingerprint density at radius 3 is 2.82 bits per heavy atom. The van der Waals surface area contributed by atoms with E-state index in [0.717, 1.165) is 34.1 Å². The van der Waals surface area contributed by atoms with Crippen LogP contribution in [-0.4, -0.2) is 32.1 Å². The van der Waals surface area contributed by atoms with Crippen molar-refractivity contribution < 1.29 is 9.53 Å². The minimum absolute atomic E-state index is 0.0540. The monoisotopic (exact) mass is 380 g/mol. The van der Waals surface area contributed by atoms with E-state index in [2.05, 4.69) is 39.1 Å². The average molecular weight is 380 g/mol. The molecule has 3 N–H and O–H groups in total. The number of ether oxygens (including phenoxy) is 1. The Hall–Kier alpha value is -3.02. The van der Waals surface area contributed by atoms with Gasteiger partial charge in [0.1, 0.15) is 5.75 Å². The molecule has 1 unspecified atom stereocenters. The number of hydrogen-bond acceptors (Lipinski definition) is 3. The third kappa shape index (κ3) is 4.82. The molecule has 28 heavy (non-hydrogen) atoms. The summed E-state index contributed by atoms with van der Waals surface area (Å²) in [5.74, 6) is 1.81. The number of hydrogen-bond donors (Lipinski definition) is 3. The van der Waals surface area contributed by atoms with Gasteiger partial charge in [0.05, 0.1) is 6.61 Å². The average Bonchev–Trinajstić information content (AvgIpc) is 2.70. The van der Waals surface area contributed by atoms with Crippen LogP contribution in [0.15, 0.2) is 47.5 Å². The zero-order chi connectivity index (χ0) is 19.9. The lowest BCUT2D eigenvalue weighted by molar-refractivity contribution is -0.116. The Kier molecular flexibility index (Phi) is 6.53. The summed E-state index contributed by atoms with van der Waals surface area (Å²) >= 11 is 0. The first-order valence-corrected chi connectivity index (χ1v) is 9.66. The summed E-state index contributed by atoms with van der Waals surface area (Å²) in [7, 11) is 1.75. The van der Waals surface area contributed by atoms with Crippen LogP contribution in [-0.2, 0) is 11.3 Å². The van der Waals surface area contributed by atoms with Crippen molar-refractivity contribution in [2.45, 2.75) is 32.7 Å². The molecule has 1 atom stereocenters. The maximum absolute atomic E-state index is 12.0. The van der Waals surface area contributed by atoms with Gasteiger partial charge in [0.25, 0.3) is 0 Å². The van der Waals surface area contributed by atoms with Crippen LogP contribution < -0.4 is 20.7 Å². The van der Waals surface area contributed by atoms with E-state index in [-0.39, 0.29) is 11.8 Å². The van der Waals surface area contributed by atoms with E-state index in [4.69, 9.17) is 4.74 Å². The molecule has 0 aliphatic carbocycles. The number of benzene rings is 2. The molecule has 0 fully saturated rings. The molecule has 0 radical (unpaired) electrons. The highest BCUT2D eigenvalue weighted by molar-refractivity contribution is 5.94. The van der Waals surface area contributed by atoms with Gasteiger partial charge in [0, 0.05) is 38.2 Å². The fourth-order valence-corrected chi connectivity index (χ4v) is 3.45. The van der Waals surface area contributed by atoms with E-state index in [1.54, 1.807) is 7.05 Å². The van der Waals surface area contributed by atoms with Crippen molar-refractivity contribution in [3.8, 4) is 5.75 Å². The fourth-order valence-electron chi connectivity index (χ4n) is 3.45. The molecule has 0 spiro atoms. The SMILES string of the molecule is CCOc1ccc(CNC(=NC)NCC2CC(=O)Nc3ccccc32)cc1C. The van der Waals surface area contributed by atoms with Gasteiger partial charge in [-0.1, -0.05) is 30.3 Å². The lowest BCUT2D eigenvalue weighted by Gasteiger charge is -2.26. The van der Waals surface area contributed by atoms with Crippen LogP contribution in [0.3, 0.4) is 0 Å². The Morgan fingerprint density at radius 1 is 1.25 bits per heavy atom. The first kappa shape index (κ1) is 19.7. The van der Waals surface area contributed by atoms with Gasteiger partial charge in [-0.2, -0.15) is 0 Å². The number of aliphatic imine (C=N–C) groups is 1. The van der Waals surface area contributed by atoms with E-state index in [0.29, 0.717) is 26.1 Å². The number of guanidine groups is 1. The highest BCUT2D eigenvalue weighted by Crippen LogP contribution is 2.31. The molecule has 1 aliphatic heterocycles. The fraction of sp³-hybridized carbons (Fsp3) is 0.364. The summed E-state index contributed by atoms with van der Waals surface area (Å²) < 4.78 is 5.59. The quantitative estimate of drug-likeness (QED) is 0.531. The van der Waals surface area contributed by atoms with Crippen LogP contribution >= 0.6 is 0 Å². The predicted molar refractivity (Wildman–Crippen MR) is 113 cm³/mol. The van der Waals surface area contributed by atoms with Crippen molar-refractivity contribution in [1.29, 1.82) is 0 Å². The maximum atomic E-state index is 12.0. The molecule has 2 aromatic rings. The number of amides is 1. The summed E-state index contributed by atoms with van der Waals surface area (Å²) in [5.41, 5.74) is 4.34. The lowest BCUT2D eigenvalue weighted by Crippen LogP contribution is -2.40. The molecule has 6 nitrogen and oxygen atoms in total. The van der Waals surface area contributed by atoms with Crippen LogP contribution in [0.5, 0.6) is 5.75 Å². The van der Waals surface area contributed by atoms with Gasteiger partial charge in [0.2, 0.25) is 5.91 Å². The topological polar surface area (TPSA) is 74.8 Å². The minimum Gasteiger partial charge on any atom is -0.494 e. The second-order valence-electron chi connectivity index (χ2n) is 6.88. The molecule has 2 aromatic carbocycles. The summed E-state index contributed by atoms with van der Waals surface area (Å²) in [6, 6.07) is 14.1. The van der Waals surface area contributed by atoms with Crippen LogP contribution in [0.4, 0.5) is 5.69 Å². The van der Waals surface area contributed by atoms with Crippen molar-refractivity contribution in [3.63, 3.8) is 0 Å². The van der Waals surface area contributed by atoms with Crippen molar-refractivity contribution in [2.75, 3.05) is 25.5 Å². The van der Waals surface area contributed by atoms with Gasteiger partial charge < -0.3 is 20.7 Å². The molecule has 0 saturated carbocycles. The Labute approximate surface area is 166 Å². The molecule has 148 valence electrons. The molecule has 0 saturated heterocycles. The van der Waals surface area contributed by atoms with Gasteiger partial charge in [-0.25, -0.2) is 0 Å². The van der Waals surface area contributed by atoms with Crippen LogP contribution in [0, 0.1) is 6.92 Å². The third-order valence-electron chi connectivity index (χ3n) is 4.85. The zero-order valence-electron chi connectivity index (χ0n) is 16.7. The lowest BCUT2D eigenvalue weighted by atomic mass is 9.90. The van der Waals surface area contributed by atoms with E-state index in [1.807, 2.05) is 38.1 Å². The van der Waals surface area contributed by atoms with Crippen molar-refractivity contribution >= 4 is 17.6 Å². The highest BCUT2D eigenvalue weighted by Gasteiger charge is 2.24. The summed E-state index contributed by atoms with van der Waals surface area (Å²) in [5, 5.41) is 9.62. The Bertz CT molecular complexity index is 863. The smallest absolute Gasteiger partial charge is 0.225 e. The number of rotatable bonds is 6. The number of fused-ring (bicyclic) bond motifs is 1. The molecule has 0 aromatic heterocycles. The molecule has 3 rings (SSSR count). The number of para-hydroxylation sites is 1. The zero-order valence-corrected chi connectivity index (χ0v) is 16.7. The molecular weight excluding hydrogens is 352 g/mol. The second kappa shape index (κ2) is 9.26. The normalized spacial score (nSPS) is 16.2. The number of carbonyl (C=O) groups is 1. The van der Waals surface area contributed by atoms with Gasteiger partial charge in [-0.3, -0.25) is 9.79 Å². The van der Waals surface area contributed by atoms with E-state index < -0.39 is 0 Å². The van der Waals surface area contributed by atoms with Crippen LogP contribution in [0.1, 0.15) is 36.0 Å². The molecule has 1 heterocycles. The standard InChI is InChI=1S/C22H28N4O2/c1-4-28-20-10-9-16(11-15(20)2)13-24-22(23-3)25-14-17-12-21(27)26-19-8-6-5-7-18(17)19/h5-11,17H,4,12-14H2,1-3H3,(H,26,27)(H2,23,24,25). The molecular formula is C22H28N4O2. The first-order chi connectivity index (χ1) is 13.6. The summed E-state index contributed by atoms with van der Waals surface area (Å²) in [4.78, 5) is 16.3. The molecule has 6 heteroatoms. The van der Waals surface area contributed by atoms with Crippen LogP contribution in [0.2, 0.25) is 0 Å². The van der Waals surface area contributed by atoms with E-state index >= 15 is 0 Å². The summed E-state index contributed by atoms with van der Waals surface area (Å²) in [6.07, 6.45) is 0.471. The summed E-state index contributed by atoms with van der Waals surface area (Å²) in [6.45, 7) is 6.00. The number of nitrogens with one attached hydrogen (secondary N) is 3. The second-order valence-corrected chi connectivity index (χ2v) is 6.88. The number of aryl methyl sites for hydroxylation is 1. The molecule has 1 amide bonds. The van der Waals surface area contributed by atoms with E-state index in [9.17, 15) is 4.79 Å². The van der Waals surface area contributed by atoms with Crippen molar-refractivity contribution in [1.82, 2.24) is 10.6 Å². The first-order valence-electron chi connectivity index (χ1n) is 9.66. The van der Waals surface area contributed by atoms with Gasteiger partial charge in [-0.05, 0) is 42.7 Å². The predicted octanol–water partition coefficient (Wildman–Crippen LogP) is 3.18. The number of anilines is 1. The van der Waals surface area contributed by atoms with Crippen molar-refractivity contribution in [3.05, 3.63) is 59.2 Å². The number of nitrogens with zero attached hydrogens (tertiary/aromatic N) is 1. The minimum atomic E-state index is 0.0540. The Balaban J connectivity index is 1.57. The maximum Gasteiger partial charge on any atom is 0.225 e.